The van der Waals surface area contributed by atoms with Crippen molar-refractivity contribution in [1.29, 1.82) is 0 Å². The number of nitro groups is 1. The molecule has 0 unspecified atom stereocenters. The maximum Gasteiger partial charge on any atom is 0.289 e. The van der Waals surface area contributed by atoms with Crippen molar-refractivity contribution in [3.8, 4) is 17.0 Å². The minimum Gasteiger partial charge on any atom is -0.496 e. The second-order valence-corrected chi connectivity index (χ2v) is 5.79. The number of H-pyrrole nitrogens is 1. The molecule has 29 heavy (non-hydrogen) atoms. The van der Waals surface area contributed by atoms with E-state index >= 15 is 0 Å². The highest BCUT2D eigenvalue weighted by Crippen LogP contribution is 2.22. The number of allylic oxidation sites excluding steroid dienone is 1. The maximum atomic E-state index is 12.1. The van der Waals surface area contributed by atoms with Gasteiger partial charge < -0.3 is 4.74 Å². The van der Waals surface area contributed by atoms with Gasteiger partial charge in [0.05, 0.1) is 17.7 Å². The summed E-state index contributed by atoms with van der Waals surface area (Å²) in [5.41, 5.74) is 4.32. The zero-order valence-corrected chi connectivity index (χ0v) is 15.4. The summed E-state index contributed by atoms with van der Waals surface area (Å²) in [5, 5.41) is 21.3. The van der Waals surface area contributed by atoms with Crippen LogP contribution in [0.25, 0.3) is 17.3 Å². The minimum absolute atomic E-state index is 0.0528. The van der Waals surface area contributed by atoms with Gasteiger partial charge in [0, 0.05) is 29.5 Å². The van der Waals surface area contributed by atoms with Crippen LogP contribution >= 0.6 is 0 Å². The lowest BCUT2D eigenvalue weighted by Crippen LogP contribution is -2.17. The monoisotopic (exact) mass is 391 g/mol. The highest BCUT2D eigenvalue weighted by Gasteiger charge is 2.13. The third-order valence-electron chi connectivity index (χ3n) is 3.92. The second kappa shape index (κ2) is 9.09. The van der Waals surface area contributed by atoms with Crippen molar-refractivity contribution in [1.82, 2.24) is 15.6 Å². The third kappa shape index (κ3) is 4.92. The molecule has 146 valence electrons. The van der Waals surface area contributed by atoms with E-state index in [9.17, 15) is 14.9 Å². The molecular formula is C20H17N5O4. The van der Waals surface area contributed by atoms with Crippen molar-refractivity contribution in [2.75, 3.05) is 7.11 Å². The van der Waals surface area contributed by atoms with Gasteiger partial charge in [-0.05, 0) is 24.3 Å². The summed E-state index contributed by atoms with van der Waals surface area (Å²) in [6, 6.07) is 15.0. The van der Waals surface area contributed by atoms with E-state index in [0.29, 0.717) is 11.3 Å². The molecule has 0 aliphatic carbocycles. The van der Waals surface area contributed by atoms with Crippen LogP contribution in [-0.2, 0) is 0 Å². The molecule has 1 heterocycles. The lowest BCUT2D eigenvalue weighted by atomic mass is 10.1. The molecule has 0 bridgehead atoms. The number of hydrogen-bond donors (Lipinski definition) is 2. The van der Waals surface area contributed by atoms with Crippen LogP contribution in [0.5, 0.6) is 5.75 Å². The first-order valence-electron chi connectivity index (χ1n) is 8.52. The van der Waals surface area contributed by atoms with E-state index in [-0.39, 0.29) is 11.4 Å². The van der Waals surface area contributed by atoms with E-state index < -0.39 is 10.8 Å². The highest BCUT2D eigenvalue weighted by molar-refractivity contribution is 5.94. The number of aromatic amines is 1. The highest BCUT2D eigenvalue weighted by atomic mass is 16.6. The lowest BCUT2D eigenvalue weighted by Gasteiger charge is -2.02. The zero-order valence-electron chi connectivity index (χ0n) is 15.4. The van der Waals surface area contributed by atoms with Crippen LogP contribution in [0.4, 0.5) is 5.69 Å². The average Bonchev–Trinajstić information content (AvgIpc) is 3.24. The fourth-order valence-electron chi connectivity index (χ4n) is 2.51. The van der Waals surface area contributed by atoms with Gasteiger partial charge in [0.25, 0.3) is 11.6 Å². The van der Waals surface area contributed by atoms with E-state index in [2.05, 4.69) is 20.7 Å². The van der Waals surface area contributed by atoms with E-state index in [1.165, 1.54) is 24.4 Å². The van der Waals surface area contributed by atoms with E-state index in [0.717, 1.165) is 11.3 Å². The van der Waals surface area contributed by atoms with Crippen LogP contribution in [0, 0.1) is 10.1 Å². The van der Waals surface area contributed by atoms with Gasteiger partial charge in [0.2, 0.25) is 0 Å². The Morgan fingerprint density at radius 1 is 1.24 bits per heavy atom. The summed E-state index contributed by atoms with van der Waals surface area (Å²) in [5.74, 6) is 0.239. The summed E-state index contributed by atoms with van der Waals surface area (Å²) >= 11 is 0. The molecule has 0 aliphatic rings. The standard InChI is InChI=1S/C20H17N5O4/c1-29-19-10-3-2-6-14(19)8-5-11-21-24-20(26)18-13-17(22-23-18)15-7-4-9-16(12-15)25(27)28/h2-13H,1H3,(H,22,23)(H,24,26)/b8-5+,21-11-. The third-order valence-corrected chi connectivity index (χ3v) is 3.92. The summed E-state index contributed by atoms with van der Waals surface area (Å²) < 4.78 is 5.24. The first-order valence-corrected chi connectivity index (χ1v) is 8.52. The molecule has 0 spiro atoms. The maximum absolute atomic E-state index is 12.1. The summed E-state index contributed by atoms with van der Waals surface area (Å²) in [6.07, 6.45) is 4.90. The van der Waals surface area contributed by atoms with E-state index in [1.807, 2.05) is 24.3 Å². The number of para-hydroxylation sites is 1. The molecule has 1 amide bonds. The van der Waals surface area contributed by atoms with Crippen LogP contribution in [0.3, 0.4) is 0 Å². The van der Waals surface area contributed by atoms with Crippen LogP contribution in [0.1, 0.15) is 16.1 Å². The Kier molecular flexibility index (Phi) is 6.11. The normalized spacial score (nSPS) is 11.1. The molecule has 2 aromatic carbocycles. The molecule has 1 aromatic heterocycles. The molecule has 2 N–H and O–H groups in total. The number of ether oxygens (including phenoxy) is 1. The Morgan fingerprint density at radius 2 is 2.07 bits per heavy atom. The number of carbonyl (C=O) groups is 1. The van der Waals surface area contributed by atoms with Crippen molar-refractivity contribution < 1.29 is 14.5 Å². The van der Waals surface area contributed by atoms with Gasteiger partial charge in [-0.2, -0.15) is 10.2 Å². The summed E-state index contributed by atoms with van der Waals surface area (Å²) in [4.78, 5) is 22.5. The quantitative estimate of drug-likeness (QED) is 0.363. The lowest BCUT2D eigenvalue weighted by molar-refractivity contribution is -0.384. The molecule has 9 nitrogen and oxygen atoms in total. The Bertz CT molecular complexity index is 1090. The molecule has 3 rings (SSSR count). The number of hydrogen-bond acceptors (Lipinski definition) is 6. The Morgan fingerprint density at radius 3 is 2.86 bits per heavy atom. The number of nitrogens with one attached hydrogen (secondary N) is 2. The molecule has 0 aliphatic heterocycles. The Labute approximate surface area is 165 Å². The SMILES string of the molecule is COc1ccccc1/C=C/C=N\NC(=O)c1cc(-c2cccc([N+](=O)[O-])c2)n[nH]1. The zero-order chi connectivity index (χ0) is 20.6. The van der Waals surface area contributed by atoms with Gasteiger partial charge in [0.15, 0.2) is 0 Å². The first-order chi connectivity index (χ1) is 14.1. The molecule has 0 radical (unpaired) electrons. The summed E-state index contributed by atoms with van der Waals surface area (Å²) in [6.45, 7) is 0. The molecule has 0 fully saturated rings. The predicted molar refractivity (Wildman–Crippen MR) is 109 cm³/mol. The predicted octanol–water partition coefficient (Wildman–Crippen LogP) is 3.42. The Hall–Kier alpha value is -4.27. The number of benzene rings is 2. The van der Waals surface area contributed by atoms with Crippen LogP contribution in [-0.4, -0.2) is 34.4 Å². The Balaban J connectivity index is 1.62. The number of non-ortho nitro benzene ring substituents is 1. The van der Waals surface area contributed by atoms with Gasteiger partial charge in [0.1, 0.15) is 11.4 Å². The van der Waals surface area contributed by atoms with Crippen LogP contribution < -0.4 is 10.2 Å². The first kappa shape index (κ1) is 19.5. The smallest absolute Gasteiger partial charge is 0.289 e. The van der Waals surface area contributed by atoms with Gasteiger partial charge >= 0.3 is 0 Å². The summed E-state index contributed by atoms with van der Waals surface area (Å²) in [7, 11) is 1.59. The van der Waals surface area contributed by atoms with Gasteiger partial charge in [-0.1, -0.05) is 30.3 Å². The number of amides is 1. The van der Waals surface area contributed by atoms with Crippen molar-refractivity contribution >= 4 is 23.9 Å². The number of carbonyl (C=O) groups excluding carboxylic acids is 1. The van der Waals surface area contributed by atoms with Crippen molar-refractivity contribution in [3.05, 3.63) is 82.0 Å². The minimum atomic E-state index is -0.490. The van der Waals surface area contributed by atoms with Crippen molar-refractivity contribution in [2.45, 2.75) is 0 Å². The van der Waals surface area contributed by atoms with Crippen molar-refractivity contribution in [3.63, 3.8) is 0 Å². The van der Waals surface area contributed by atoms with E-state index in [1.54, 1.807) is 31.4 Å². The average molecular weight is 391 g/mol. The molecule has 3 aromatic rings. The fourth-order valence-corrected chi connectivity index (χ4v) is 2.51. The van der Waals surface area contributed by atoms with Gasteiger partial charge in [-0.3, -0.25) is 20.0 Å². The fraction of sp³-hybridized carbons (Fsp3) is 0.0500. The number of aromatic nitrogens is 2. The number of rotatable bonds is 7. The number of hydrazone groups is 1. The van der Waals surface area contributed by atoms with Crippen LogP contribution in [0.2, 0.25) is 0 Å². The number of methoxy groups -OCH3 is 1. The van der Waals surface area contributed by atoms with Gasteiger partial charge in [-0.25, -0.2) is 5.43 Å². The van der Waals surface area contributed by atoms with Gasteiger partial charge in [-0.15, -0.1) is 0 Å². The number of nitrogens with zero attached hydrogens (tertiary/aromatic N) is 3. The second-order valence-electron chi connectivity index (χ2n) is 5.79. The van der Waals surface area contributed by atoms with E-state index in [4.69, 9.17) is 4.74 Å². The largest absolute Gasteiger partial charge is 0.496 e. The molecule has 9 heteroatoms. The molecule has 0 saturated heterocycles. The topological polar surface area (TPSA) is 123 Å². The van der Waals surface area contributed by atoms with Crippen LogP contribution in [0.15, 0.2) is 65.8 Å². The molecular weight excluding hydrogens is 374 g/mol. The van der Waals surface area contributed by atoms with Crippen molar-refractivity contribution in [2.24, 2.45) is 5.10 Å². The molecule has 0 atom stereocenters. The number of nitro benzene ring substituents is 1. The molecule has 0 saturated carbocycles.